The molecule has 1 atom stereocenters. The Morgan fingerprint density at radius 1 is 0.833 bits per heavy atom. The monoisotopic (exact) mass is 500 g/mol. The smallest absolute Gasteiger partial charge is 0.264 e. The molecule has 0 spiro atoms. The molecule has 1 N–H and O–H groups in total. The van der Waals surface area contributed by atoms with Crippen molar-refractivity contribution in [3.8, 4) is 5.75 Å². The first kappa shape index (κ1) is 25.0. The van der Waals surface area contributed by atoms with Crippen LogP contribution < -0.4 is 14.4 Å². The van der Waals surface area contributed by atoms with Crippen molar-refractivity contribution < 1.29 is 17.9 Å². The van der Waals surface area contributed by atoms with Crippen molar-refractivity contribution >= 4 is 21.6 Å². The minimum Gasteiger partial charge on any atom is -0.497 e. The van der Waals surface area contributed by atoms with Gasteiger partial charge < -0.3 is 10.1 Å². The van der Waals surface area contributed by atoms with Gasteiger partial charge in [0.2, 0.25) is 5.91 Å². The first-order valence-corrected chi connectivity index (χ1v) is 13.0. The molecule has 0 fully saturated rings. The van der Waals surface area contributed by atoms with Gasteiger partial charge in [-0.1, -0.05) is 72.8 Å². The van der Waals surface area contributed by atoms with Gasteiger partial charge in [-0.15, -0.1) is 0 Å². The summed E-state index contributed by atoms with van der Waals surface area (Å²) in [5.41, 5.74) is 3.23. The van der Waals surface area contributed by atoms with Crippen LogP contribution in [0.5, 0.6) is 5.75 Å². The van der Waals surface area contributed by atoms with E-state index in [0.29, 0.717) is 11.4 Å². The van der Waals surface area contributed by atoms with Crippen LogP contribution in [-0.4, -0.2) is 28.0 Å². The summed E-state index contributed by atoms with van der Waals surface area (Å²) < 4.78 is 33.6. The van der Waals surface area contributed by atoms with Gasteiger partial charge in [-0.3, -0.25) is 9.10 Å². The van der Waals surface area contributed by atoms with Crippen molar-refractivity contribution in [3.05, 3.63) is 126 Å². The zero-order chi connectivity index (χ0) is 25.5. The molecule has 1 amide bonds. The molecule has 0 bridgehead atoms. The van der Waals surface area contributed by atoms with Crippen LogP contribution in [0.4, 0.5) is 5.69 Å². The van der Waals surface area contributed by atoms with E-state index in [1.807, 2.05) is 61.5 Å². The van der Waals surface area contributed by atoms with Crippen molar-refractivity contribution in [1.29, 1.82) is 0 Å². The summed E-state index contributed by atoms with van der Waals surface area (Å²) in [4.78, 5) is 13.6. The third kappa shape index (κ3) is 5.58. The molecule has 1 unspecified atom stereocenters. The highest BCUT2D eigenvalue weighted by Gasteiger charge is 2.28. The summed E-state index contributed by atoms with van der Waals surface area (Å²) in [6.45, 7) is 1.60. The van der Waals surface area contributed by atoms with Gasteiger partial charge in [0.05, 0.1) is 23.7 Å². The highest BCUT2D eigenvalue weighted by atomic mass is 32.2. The van der Waals surface area contributed by atoms with Gasteiger partial charge in [-0.25, -0.2) is 8.42 Å². The average Bonchev–Trinajstić information content (AvgIpc) is 2.92. The lowest BCUT2D eigenvalue weighted by Crippen LogP contribution is -2.42. The van der Waals surface area contributed by atoms with Crippen molar-refractivity contribution in [3.63, 3.8) is 0 Å². The van der Waals surface area contributed by atoms with E-state index in [1.54, 1.807) is 42.5 Å². The molecule has 184 valence electrons. The third-order valence-corrected chi connectivity index (χ3v) is 7.70. The molecule has 0 saturated heterocycles. The lowest BCUT2D eigenvalue weighted by atomic mass is 9.95. The quantitative estimate of drug-likeness (QED) is 0.347. The number of hydrogen-bond acceptors (Lipinski definition) is 4. The number of benzene rings is 4. The molecule has 6 nitrogen and oxygen atoms in total. The molecule has 0 radical (unpaired) electrons. The van der Waals surface area contributed by atoms with E-state index in [-0.39, 0.29) is 4.90 Å². The number of carbonyl (C=O) groups excluding carboxylic acids is 1. The number of carbonyl (C=O) groups is 1. The number of ether oxygens (including phenoxy) is 1. The van der Waals surface area contributed by atoms with Gasteiger partial charge in [0.1, 0.15) is 12.3 Å². The minimum atomic E-state index is -4.01. The number of aryl methyl sites for hydroxylation is 1. The normalized spacial score (nSPS) is 11.9. The van der Waals surface area contributed by atoms with E-state index >= 15 is 0 Å². The Balaban J connectivity index is 1.69. The maximum absolute atomic E-state index is 13.6. The Labute approximate surface area is 212 Å². The summed E-state index contributed by atoms with van der Waals surface area (Å²) in [6.07, 6.45) is 0. The van der Waals surface area contributed by atoms with Crippen LogP contribution in [0.15, 0.2) is 114 Å². The predicted molar refractivity (Wildman–Crippen MR) is 142 cm³/mol. The number of methoxy groups -OCH3 is 1. The van der Waals surface area contributed by atoms with Gasteiger partial charge in [0, 0.05) is 0 Å². The Hall–Kier alpha value is -4.10. The van der Waals surface area contributed by atoms with Crippen LogP contribution in [0, 0.1) is 6.92 Å². The molecular formula is C29H28N2O4S. The van der Waals surface area contributed by atoms with E-state index in [9.17, 15) is 13.2 Å². The standard InChI is InChI=1S/C29H28N2O4S/c1-22-11-9-10-16-27(22)29(23-12-5-3-6-13-23)30-28(32)21-31(24-17-19-25(35-2)20-18-24)36(33,34)26-14-7-4-8-15-26/h3-20,29H,21H2,1-2H3,(H,30,32). The Kier molecular flexibility index (Phi) is 7.71. The molecule has 4 aromatic carbocycles. The zero-order valence-corrected chi connectivity index (χ0v) is 21.0. The Bertz CT molecular complexity index is 1410. The van der Waals surface area contributed by atoms with E-state index < -0.39 is 28.5 Å². The van der Waals surface area contributed by atoms with Crippen LogP contribution in [-0.2, 0) is 14.8 Å². The topological polar surface area (TPSA) is 75.7 Å². The fourth-order valence-electron chi connectivity index (χ4n) is 4.02. The van der Waals surface area contributed by atoms with Crippen LogP contribution in [0.3, 0.4) is 0 Å². The lowest BCUT2D eigenvalue weighted by molar-refractivity contribution is -0.120. The summed E-state index contributed by atoms with van der Waals surface area (Å²) in [6, 6.07) is 31.7. The van der Waals surface area contributed by atoms with E-state index in [1.165, 1.54) is 19.2 Å². The van der Waals surface area contributed by atoms with Crippen LogP contribution in [0.25, 0.3) is 0 Å². The summed E-state index contributed by atoms with van der Waals surface area (Å²) in [5.74, 6) is 0.159. The third-order valence-electron chi connectivity index (χ3n) is 5.92. The molecule has 0 aliphatic heterocycles. The molecule has 0 heterocycles. The molecular weight excluding hydrogens is 472 g/mol. The van der Waals surface area contributed by atoms with Gasteiger partial charge >= 0.3 is 0 Å². The van der Waals surface area contributed by atoms with Crippen molar-refractivity contribution in [2.45, 2.75) is 17.9 Å². The summed E-state index contributed by atoms with van der Waals surface area (Å²) in [7, 11) is -2.47. The zero-order valence-electron chi connectivity index (χ0n) is 20.2. The molecule has 4 aromatic rings. The van der Waals surface area contributed by atoms with Crippen LogP contribution in [0.2, 0.25) is 0 Å². The maximum atomic E-state index is 13.6. The Morgan fingerprint density at radius 3 is 2.03 bits per heavy atom. The first-order valence-electron chi connectivity index (χ1n) is 11.5. The molecule has 0 aliphatic rings. The SMILES string of the molecule is COc1ccc(N(CC(=O)NC(c2ccccc2)c2ccccc2C)S(=O)(=O)c2ccccc2)cc1. The number of amides is 1. The highest BCUT2D eigenvalue weighted by molar-refractivity contribution is 7.92. The highest BCUT2D eigenvalue weighted by Crippen LogP contribution is 2.27. The predicted octanol–water partition coefficient (Wildman–Crippen LogP) is 5.10. The van der Waals surface area contributed by atoms with Crippen molar-refractivity contribution in [2.24, 2.45) is 0 Å². The number of anilines is 1. The second-order valence-electron chi connectivity index (χ2n) is 8.29. The number of nitrogens with zero attached hydrogens (tertiary/aromatic N) is 1. The molecule has 0 aromatic heterocycles. The maximum Gasteiger partial charge on any atom is 0.264 e. The molecule has 4 rings (SSSR count). The number of hydrogen-bond donors (Lipinski definition) is 1. The Morgan fingerprint density at radius 2 is 1.42 bits per heavy atom. The van der Waals surface area contributed by atoms with E-state index in [4.69, 9.17) is 4.74 Å². The largest absolute Gasteiger partial charge is 0.497 e. The van der Waals surface area contributed by atoms with Crippen molar-refractivity contribution in [2.75, 3.05) is 18.0 Å². The van der Waals surface area contributed by atoms with Crippen molar-refractivity contribution in [1.82, 2.24) is 5.32 Å². The van der Waals surface area contributed by atoms with Crippen LogP contribution >= 0.6 is 0 Å². The minimum absolute atomic E-state index is 0.104. The summed E-state index contributed by atoms with van der Waals surface area (Å²) in [5, 5.41) is 3.07. The number of nitrogens with one attached hydrogen (secondary N) is 1. The van der Waals surface area contributed by atoms with Gasteiger partial charge in [-0.05, 0) is 60.0 Å². The number of sulfonamides is 1. The molecule has 0 saturated carbocycles. The second-order valence-corrected chi connectivity index (χ2v) is 10.2. The molecule has 36 heavy (non-hydrogen) atoms. The number of rotatable bonds is 9. The fourth-order valence-corrected chi connectivity index (χ4v) is 5.46. The fraction of sp³-hybridized carbons (Fsp3) is 0.138. The van der Waals surface area contributed by atoms with Gasteiger partial charge in [0.15, 0.2) is 0 Å². The average molecular weight is 501 g/mol. The van der Waals surface area contributed by atoms with E-state index in [0.717, 1.165) is 21.0 Å². The molecule has 0 aliphatic carbocycles. The first-order chi connectivity index (χ1) is 17.4. The van der Waals surface area contributed by atoms with Gasteiger partial charge in [0.25, 0.3) is 10.0 Å². The lowest BCUT2D eigenvalue weighted by Gasteiger charge is -2.27. The second kappa shape index (κ2) is 11.1. The van der Waals surface area contributed by atoms with E-state index in [2.05, 4.69) is 5.32 Å². The summed E-state index contributed by atoms with van der Waals surface area (Å²) >= 11 is 0. The van der Waals surface area contributed by atoms with Gasteiger partial charge in [-0.2, -0.15) is 0 Å². The molecule has 7 heteroatoms. The van der Waals surface area contributed by atoms with Crippen LogP contribution in [0.1, 0.15) is 22.7 Å².